The van der Waals surface area contributed by atoms with Gasteiger partial charge < -0.3 is 10.2 Å². The van der Waals surface area contributed by atoms with E-state index in [9.17, 15) is 0 Å². The Kier molecular flexibility index (Phi) is 4.18. The smallest absolute Gasteiger partial charge is 0.0991 e. The van der Waals surface area contributed by atoms with E-state index in [4.69, 9.17) is 5.26 Å². The highest BCUT2D eigenvalue weighted by atomic mass is 15.2. The molecule has 0 radical (unpaired) electrons. The first-order chi connectivity index (χ1) is 10.4. The summed E-state index contributed by atoms with van der Waals surface area (Å²) in [5, 5.41) is 12.3. The molecule has 0 aromatic heterocycles. The number of piperazine rings is 1. The third-order valence-electron chi connectivity index (χ3n) is 3.93. The minimum Gasteiger partial charge on any atom is -0.369 e. The van der Waals surface area contributed by atoms with Gasteiger partial charge in [0.1, 0.15) is 0 Å². The van der Waals surface area contributed by atoms with Crippen molar-refractivity contribution in [1.82, 2.24) is 5.32 Å². The molecule has 1 fully saturated rings. The van der Waals surface area contributed by atoms with Gasteiger partial charge in [-0.05, 0) is 35.7 Å². The first kappa shape index (κ1) is 13.7. The summed E-state index contributed by atoms with van der Waals surface area (Å²) in [5.74, 6) is 0. The van der Waals surface area contributed by atoms with Gasteiger partial charge >= 0.3 is 0 Å². The van der Waals surface area contributed by atoms with Crippen LogP contribution >= 0.6 is 0 Å². The topological polar surface area (TPSA) is 39.1 Å². The number of nitrogens with zero attached hydrogens (tertiary/aromatic N) is 2. The quantitative estimate of drug-likeness (QED) is 0.937. The third-order valence-corrected chi connectivity index (χ3v) is 3.93. The van der Waals surface area contributed by atoms with Gasteiger partial charge in [0.2, 0.25) is 0 Å². The number of anilines is 1. The maximum Gasteiger partial charge on any atom is 0.0991 e. The number of hydrogen-bond acceptors (Lipinski definition) is 3. The monoisotopic (exact) mass is 277 g/mol. The van der Waals surface area contributed by atoms with Gasteiger partial charge in [0.25, 0.3) is 0 Å². The molecule has 0 saturated carbocycles. The van der Waals surface area contributed by atoms with Gasteiger partial charge in [0.05, 0.1) is 11.6 Å². The molecule has 1 heterocycles. The number of nitrogens with one attached hydrogen (secondary N) is 1. The Morgan fingerprint density at radius 2 is 1.71 bits per heavy atom. The van der Waals surface area contributed by atoms with Crippen LogP contribution in [-0.2, 0) is 6.42 Å². The van der Waals surface area contributed by atoms with Crippen molar-refractivity contribution < 1.29 is 0 Å². The Hall–Kier alpha value is -2.31. The molecule has 0 atom stereocenters. The first-order valence-corrected chi connectivity index (χ1v) is 7.39. The Bertz CT molecular complexity index is 634. The molecule has 0 unspecified atom stereocenters. The largest absolute Gasteiger partial charge is 0.369 e. The van der Waals surface area contributed by atoms with Gasteiger partial charge in [0, 0.05) is 31.9 Å². The van der Waals surface area contributed by atoms with Crippen LogP contribution in [0.4, 0.5) is 5.69 Å². The second-order valence-electron chi connectivity index (χ2n) is 5.35. The van der Waals surface area contributed by atoms with Crippen LogP contribution in [0.1, 0.15) is 16.7 Å². The zero-order valence-corrected chi connectivity index (χ0v) is 12.0. The second-order valence-corrected chi connectivity index (χ2v) is 5.35. The van der Waals surface area contributed by atoms with Gasteiger partial charge in [-0.15, -0.1) is 0 Å². The molecule has 106 valence electrons. The molecule has 1 saturated heterocycles. The van der Waals surface area contributed by atoms with Gasteiger partial charge in [-0.2, -0.15) is 5.26 Å². The van der Waals surface area contributed by atoms with Crippen LogP contribution in [0.3, 0.4) is 0 Å². The van der Waals surface area contributed by atoms with Crippen LogP contribution in [-0.4, -0.2) is 26.2 Å². The molecule has 2 aromatic carbocycles. The average Bonchev–Trinajstić information content (AvgIpc) is 2.57. The van der Waals surface area contributed by atoms with E-state index < -0.39 is 0 Å². The van der Waals surface area contributed by atoms with Crippen LogP contribution in [0.25, 0.3) is 0 Å². The van der Waals surface area contributed by atoms with Gasteiger partial charge in [0.15, 0.2) is 0 Å². The molecule has 3 heteroatoms. The molecule has 1 aliphatic heterocycles. The molecule has 1 N–H and O–H groups in total. The molecule has 21 heavy (non-hydrogen) atoms. The summed E-state index contributed by atoms with van der Waals surface area (Å²) in [7, 11) is 0. The highest BCUT2D eigenvalue weighted by Gasteiger charge is 2.13. The molecule has 0 spiro atoms. The molecular formula is C18H19N3. The molecular weight excluding hydrogens is 258 g/mol. The van der Waals surface area contributed by atoms with E-state index >= 15 is 0 Å². The molecule has 0 amide bonds. The lowest BCUT2D eigenvalue weighted by molar-refractivity contribution is 0.588. The Morgan fingerprint density at radius 3 is 2.43 bits per heavy atom. The summed E-state index contributed by atoms with van der Waals surface area (Å²) in [6.45, 7) is 4.21. The van der Waals surface area contributed by atoms with Crippen molar-refractivity contribution in [3.63, 3.8) is 0 Å². The lowest BCUT2D eigenvalue weighted by Crippen LogP contribution is -2.43. The van der Waals surface area contributed by atoms with Gasteiger partial charge in [-0.1, -0.05) is 30.3 Å². The van der Waals surface area contributed by atoms with Crippen molar-refractivity contribution in [2.75, 3.05) is 31.1 Å². The van der Waals surface area contributed by atoms with Gasteiger partial charge in [-0.25, -0.2) is 0 Å². The van der Waals surface area contributed by atoms with Crippen LogP contribution in [0.5, 0.6) is 0 Å². The number of benzene rings is 2. The summed E-state index contributed by atoms with van der Waals surface area (Å²) in [6, 6.07) is 18.7. The van der Waals surface area contributed by atoms with E-state index in [1.165, 1.54) is 16.8 Å². The zero-order chi connectivity index (χ0) is 14.5. The fourth-order valence-electron chi connectivity index (χ4n) is 2.79. The summed E-state index contributed by atoms with van der Waals surface area (Å²) in [5.41, 5.74) is 4.65. The van der Waals surface area contributed by atoms with E-state index in [0.29, 0.717) is 5.56 Å². The molecule has 2 aromatic rings. The second kappa shape index (κ2) is 6.43. The standard InChI is InChI=1S/C18H19N3/c19-14-16-7-5-15(6-8-16)13-17-3-1-2-4-18(17)21-11-9-20-10-12-21/h1-8,20H,9-13H2. The molecule has 0 aliphatic carbocycles. The lowest BCUT2D eigenvalue weighted by atomic mass is 10.0. The van der Waals surface area contributed by atoms with E-state index in [2.05, 4.69) is 40.6 Å². The molecule has 3 nitrogen and oxygen atoms in total. The van der Waals surface area contributed by atoms with Crippen molar-refractivity contribution in [3.05, 3.63) is 65.2 Å². The number of hydrogen-bond donors (Lipinski definition) is 1. The fraction of sp³-hybridized carbons (Fsp3) is 0.278. The van der Waals surface area contributed by atoms with Crippen molar-refractivity contribution in [2.24, 2.45) is 0 Å². The number of para-hydroxylation sites is 1. The predicted octanol–water partition coefficient (Wildman–Crippen LogP) is 2.56. The highest BCUT2D eigenvalue weighted by molar-refractivity contribution is 5.55. The SMILES string of the molecule is N#Cc1ccc(Cc2ccccc2N2CCNCC2)cc1. The van der Waals surface area contributed by atoms with Crippen molar-refractivity contribution in [1.29, 1.82) is 5.26 Å². The highest BCUT2D eigenvalue weighted by Crippen LogP contribution is 2.23. The minimum absolute atomic E-state index is 0.717. The zero-order valence-electron chi connectivity index (χ0n) is 12.0. The van der Waals surface area contributed by atoms with Crippen molar-refractivity contribution >= 4 is 5.69 Å². The van der Waals surface area contributed by atoms with E-state index in [-0.39, 0.29) is 0 Å². The summed E-state index contributed by atoms with van der Waals surface area (Å²) in [4.78, 5) is 2.45. The maximum absolute atomic E-state index is 8.87. The number of rotatable bonds is 3. The maximum atomic E-state index is 8.87. The summed E-state index contributed by atoms with van der Waals surface area (Å²) < 4.78 is 0. The average molecular weight is 277 g/mol. The van der Waals surface area contributed by atoms with Gasteiger partial charge in [-0.3, -0.25) is 0 Å². The third kappa shape index (κ3) is 3.24. The summed E-state index contributed by atoms with van der Waals surface area (Å²) in [6.07, 6.45) is 0.909. The van der Waals surface area contributed by atoms with Crippen LogP contribution in [0, 0.1) is 11.3 Å². The Morgan fingerprint density at radius 1 is 1.00 bits per heavy atom. The molecule has 3 rings (SSSR count). The molecule has 0 bridgehead atoms. The van der Waals surface area contributed by atoms with Crippen LogP contribution < -0.4 is 10.2 Å². The van der Waals surface area contributed by atoms with Crippen molar-refractivity contribution in [3.8, 4) is 6.07 Å². The first-order valence-electron chi connectivity index (χ1n) is 7.39. The predicted molar refractivity (Wildman–Crippen MR) is 85.5 cm³/mol. The Balaban J connectivity index is 1.82. The normalized spacial score (nSPS) is 14.7. The summed E-state index contributed by atoms with van der Waals surface area (Å²) >= 11 is 0. The fourth-order valence-corrected chi connectivity index (χ4v) is 2.79. The van der Waals surface area contributed by atoms with E-state index in [1.54, 1.807) is 0 Å². The van der Waals surface area contributed by atoms with Crippen LogP contribution in [0.15, 0.2) is 48.5 Å². The van der Waals surface area contributed by atoms with Crippen LogP contribution in [0.2, 0.25) is 0 Å². The number of nitriles is 1. The van der Waals surface area contributed by atoms with Crippen molar-refractivity contribution in [2.45, 2.75) is 6.42 Å². The van der Waals surface area contributed by atoms with E-state index in [1.807, 2.05) is 24.3 Å². The van der Waals surface area contributed by atoms with E-state index in [0.717, 1.165) is 32.6 Å². The lowest BCUT2D eigenvalue weighted by Gasteiger charge is -2.31. The molecule has 1 aliphatic rings. The Labute approximate surface area is 125 Å². The minimum atomic E-state index is 0.717.